The van der Waals surface area contributed by atoms with Crippen molar-refractivity contribution < 1.29 is 21.9 Å². The van der Waals surface area contributed by atoms with Crippen LogP contribution in [0.4, 0.5) is 8.78 Å². The van der Waals surface area contributed by atoms with Crippen molar-refractivity contribution >= 4 is 10.0 Å². The molecule has 0 saturated heterocycles. The molecule has 1 rings (SSSR count). The number of halogens is 2. The first-order valence-corrected chi connectivity index (χ1v) is 8.07. The summed E-state index contributed by atoms with van der Waals surface area (Å²) in [5.41, 5.74) is 0.0623. The molecule has 0 radical (unpaired) electrons. The van der Waals surface area contributed by atoms with Crippen molar-refractivity contribution in [2.75, 3.05) is 0 Å². The summed E-state index contributed by atoms with van der Waals surface area (Å²) in [4.78, 5) is -0.0507. The SMILES string of the molecule is CCc1ccc(S(=O)(=O)NC(C)(C)C)c(C)c1OC(F)F. The van der Waals surface area contributed by atoms with Gasteiger partial charge in [0.2, 0.25) is 10.0 Å². The van der Waals surface area contributed by atoms with Gasteiger partial charge in [0.05, 0.1) is 4.90 Å². The average Bonchev–Trinajstić information content (AvgIpc) is 2.27. The van der Waals surface area contributed by atoms with E-state index in [2.05, 4.69) is 9.46 Å². The zero-order valence-corrected chi connectivity index (χ0v) is 13.6. The van der Waals surface area contributed by atoms with E-state index in [1.54, 1.807) is 27.7 Å². The van der Waals surface area contributed by atoms with E-state index in [1.165, 1.54) is 19.1 Å². The van der Waals surface area contributed by atoms with Crippen LogP contribution in [0.3, 0.4) is 0 Å². The van der Waals surface area contributed by atoms with Crippen molar-refractivity contribution in [3.8, 4) is 5.75 Å². The molecule has 0 unspecified atom stereocenters. The average molecular weight is 321 g/mol. The molecule has 0 aliphatic carbocycles. The molecule has 0 heterocycles. The van der Waals surface area contributed by atoms with Gasteiger partial charge in [-0.05, 0) is 45.7 Å². The molecule has 0 bridgehead atoms. The van der Waals surface area contributed by atoms with Gasteiger partial charge >= 0.3 is 6.61 Å². The summed E-state index contributed by atoms with van der Waals surface area (Å²) in [6, 6.07) is 2.92. The van der Waals surface area contributed by atoms with Crippen LogP contribution in [0, 0.1) is 6.92 Å². The molecule has 1 aromatic rings. The smallest absolute Gasteiger partial charge is 0.387 e. The Morgan fingerprint density at radius 1 is 1.29 bits per heavy atom. The third-order valence-electron chi connectivity index (χ3n) is 2.76. The number of aryl methyl sites for hydroxylation is 1. The monoisotopic (exact) mass is 321 g/mol. The van der Waals surface area contributed by atoms with Crippen molar-refractivity contribution in [2.24, 2.45) is 0 Å². The van der Waals surface area contributed by atoms with E-state index in [9.17, 15) is 17.2 Å². The fourth-order valence-corrected chi connectivity index (χ4v) is 3.67. The van der Waals surface area contributed by atoms with Gasteiger partial charge in [-0.2, -0.15) is 8.78 Å². The van der Waals surface area contributed by atoms with E-state index >= 15 is 0 Å². The highest BCUT2D eigenvalue weighted by Crippen LogP contribution is 2.31. The van der Waals surface area contributed by atoms with Crippen LogP contribution < -0.4 is 9.46 Å². The number of sulfonamides is 1. The maximum absolute atomic E-state index is 12.5. The summed E-state index contributed by atoms with van der Waals surface area (Å²) in [5.74, 6) is -0.0655. The molecule has 0 aromatic heterocycles. The maximum Gasteiger partial charge on any atom is 0.387 e. The number of nitrogens with one attached hydrogen (secondary N) is 1. The second kappa shape index (κ2) is 6.27. The van der Waals surface area contributed by atoms with Crippen LogP contribution in [0.15, 0.2) is 17.0 Å². The molecule has 4 nitrogen and oxygen atoms in total. The maximum atomic E-state index is 12.5. The summed E-state index contributed by atoms with van der Waals surface area (Å²) < 4.78 is 56.8. The number of hydrogen-bond acceptors (Lipinski definition) is 3. The van der Waals surface area contributed by atoms with Crippen LogP contribution in [0.5, 0.6) is 5.75 Å². The predicted octanol–water partition coefficient (Wildman–Crippen LogP) is 3.24. The Morgan fingerprint density at radius 2 is 1.86 bits per heavy atom. The quantitative estimate of drug-likeness (QED) is 0.906. The largest absolute Gasteiger partial charge is 0.434 e. The molecule has 7 heteroatoms. The number of alkyl halides is 2. The third kappa shape index (κ3) is 4.64. The van der Waals surface area contributed by atoms with Gasteiger partial charge in [0.1, 0.15) is 5.75 Å². The van der Waals surface area contributed by atoms with Crippen molar-refractivity contribution in [1.29, 1.82) is 0 Å². The van der Waals surface area contributed by atoms with Gasteiger partial charge in [0.15, 0.2) is 0 Å². The molecular weight excluding hydrogens is 300 g/mol. The Hall–Kier alpha value is -1.21. The van der Waals surface area contributed by atoms with Crippen LogP contribution in [-0.4, -0.2) is 20.6 Å². The standard InChI is InChI=1S/C14H21F2NO3S/c1-6-10-7-8-11(9(2)12(10)20-13(15)16)21(18,19)17-14(3,4)5/h7-8,13,17H,6H2,1-5H3. The van der Waals surface area contributed by atoms with E-state index in [1.807, 2.05) is 0 Å². The first kappa shape index (κ1) is 17.8. The van der Waals surface area contributed by atoms with E-state index in [0.29, 0.717) is 12.0 Å². The van der Waals surface area contributed by atoms with Gasteiger partial charge in [-0.25, -0.2) is 13.1 Å². The summed E-state index contributed by atoms with van der Waals surface area (Å²) in [7, 11) is -3.81. The number of hydrogen-bond donors (Lipinski definition) is 1. The molecular formula is C14H21F2NO3S. The summed E-state index contributed by atoms with van der Waals surface area (Å²) in [6.45, 7) is 5.37. The lowest BCUT2D eigenvalue weighted by atomic mass is 10.1. The molecule has 0 aliphatic heterocycles. The molecule has 0 spiro atoms. The van der Waals surface area contributed by atoms with E-state index in [0.717, 1.165) is 0 Å². The lowest BCUT2D eigenvalue weighted by Gasteiger charge is -2.22. The van der Waals surface area contributed by atoms with E-state index in [-0.39, 0.29) is 16.2 Å². The predicted molar refractivity (Wildman–Crippen MR) is 77.3 cm³/mol. The molecule has 120 valence electrons. The first-order valence-electron chi connectivity index (χ1n) is 6.59. The normalized spacial score (nSPS) is 12.8. The van der Waals surface area contributed by atoms with Gasteiger partial charge < -0.3 is 4.74 Å². The van der Waals surface area contributed by atoms with Crippen LogP contribution >= 0.6 is 0 Å². The second-order valence-corrected chi connectivity index (χ2v) is 7.42. The van der Waals surface area contributed by atoms with Crippen LogP contribution in [-0.2, 0) is 16.4 Å². The molecule has 0 amide bonds. The van der Waals surface area contributed by atoms with Gasteiger partial charge in [-0.15, -0.1) is 0 Å². The van der Waals surface area contributed by atoms with Crippen molar-refractivity contribution in [3.63, 3.8) is 0 Å². The third-order valence-corrected chi connectivity index (χ3v) is 4.66. The Bertz CT molecular complexity index is 607. The second-order valence-electron chi connectivity index (χ2n) is 5.76. The fourth-order valence-electron chi connectivity index (χ4n) is 2.01. The lowest BCUT2D eigenvalue weighted by molar-refractivity contribution is -0.0510. The molecule has 21 heavy (non-hydrogen) atoms. The highest BCUT2D eigenvalue weighted by atomic mass is 32.2. The van der Waals surface area contributed by atoms with Crippen molar-refractivity contribution in [2.45, 2.75) is 58.1 Å². The van der Waals surface area contributed by atoms with Gasteiger partial charge in [-0.3, -0.25) is 0 Å². The van der Waals surface area contributed by atoms with E-state index < -0.39 is 22.2 Å². The lowest BCUT2D eigenvalue weighted by Crippen LogP contribution is -2.40. The van der Waals surface area contributed by atoms with Crippen LogP contribution in [0.2, 0.25) is 0 Å². The zero-order chi connectivity index (χ0) is 16.4. The minimum Gasteiger partial charge on any atom is -0.434 e. The Labute approximate surface area is 124 Å². The Balaban J connectivity index is 3.39. The summed E-state index contributed by atoms with van der Waals surface area (Å²) >= 11 is 0. The highest BCUT2D eigenvalue weighted by molar-refractivity contribution is 7.89. The summed E-state index contributed by atoms with van der Waals surface area (Å²) in [6.07, 6.45) is 0.468. The van der Waals surface area contributed by atoms with E-state index in [4.69, 9.17) is 0 Å². The molecule has 1 N–H and O–H groups in total. The first-order chi connectivity index (χ1) is 9.48. The van der Waals surface area contributed by atoms with Crippen molar-refractivity contribution in [3.05, 3.63) is 23.3 Å². The molecule has 0 fully saturated rings. The number of ether oxygens (including phenoxy) is 1. The fraction of sp³-hybridized carbons (Fsp3) is 0.571. The van der Waals surface area contributed by atoms with Gasteiger partial charge in [0, 0.05) is 11.1 Å². The van der Waals surface area contributed by atoms with Gasteiger partial charge in [-0.1, -0.05) is 13.0 Å². The Morgan fingerprint density at radius 3 is 2.29 bits per heavy atom. The van der Waals surface area contributed by atoms with Crippen molar-refractivity contribution in [1.82, 2.24) is 4.72 Å². The number of rotatable bonds is 5. The summed E-state index contributed by atoms with van der Waals surface area (Å²) in [5, 5.41) is 0. The minimum absolute atomic E-state index is 0.0507. The molecule has 0 saturated carbocycles. The van der Waals surface area contributed by atoms with Crippen LogP contribution in [0.1, 0.15) is 38.8 Å². The molecule has 0 atom stereocenters. The molecule has 1 aromatic carbocycles. The Kier molecular flexibility index (Phi) is 5.33. The minimum atomic E-state index is -3.81. The molecule has 0 aliphatic rings. The van der Waals surface area contributed by atoms with Crippen LogP contribution in [0.25, 0.3) is 0 Å². The number of benzene rings is 1. The topological polar surface area (TPSA) is 55.4 Å². The van der Waals surface area contributed by atoms with Gasteiger partial charge in [0.25, 0.3) is 0 Å². The highest BCUT2D eigenvalue weighted by Gasteiger charge is 2.26. The zero-order valence-electron chi connectivity index (χ0n) is 12.8.